The van der Waals surface area contributed by atoms with Crippen LogP contribution in [0, 0.1) is 0 Å². The topological polar surface area (TPSA) is 28.0 Å². The zero-order valence-electron chi connectivity index (χ0n) is 9.74. The monoisotopic (exact) mass is 245 g/mol. The lowest BCUT2D eigenvalue weighted by atomic mass is 9.93. The van der Waals surface area contributed by atoms with Gasteiger partial charge in [-0.3, -0.25) is 0 Å². The summed E-state index contributed by atoms with van der Waals surface area (Å²) in [5, 5.41) is 0.777. The van der Waals surface area contributed by atoms with Crippen LogP contribution in [0.2, 0.25) is 0 Å². The predicted octanol–water partition coefficient (Wildman–Crippen LogP) is 2.41. The molecule has 17 heavy (non-hydrogen) atoms. The maximum Gasteiger partial charge on any atom is 0.226 e. The molecule has 2 aliphatic rings. The third-order valence-corrected chi connectivity index (χ3v) is 3.24. The molecule has 0 bridgehead atoms. The lowest BCUT2D eigenvalue weighted by Gasteiger charge is -2.15. The van der Waals surface area contributed by atoms with Crippen LogP contribution < -0.4 is 0 Å². The summed E-state index contributed by atoms with van der Waals surface area (Å²) in [6.07, 6.45) is 0.746. The molecule has 0 radical (unpaired) electrons. The number of guanidine groups is 1. The molecule has 0 saturated heterocycles. The first-order chi connectivity index (χ1) is 8.16. The van der Waals surface area contributed by atoms with Gasteiger partial charge in [0.05, 0.1) is 5.03 Å². The summed E-state index contributed by atoms with van der Waals surface area (Å²) >= 11 is 6.29. The van der Waals surface area contributed by atoms with Crippen molar-refractivity contribution in [2.24, 2.45) is 9.98 Å². The standard InChI is InChI=1S/C13H12ClN3/c1-17(2)13-15-11-9-6-4-3-5-8(9)7-10(14)12(11)16-13/h3-6H,7H2,1-2H3. The molecule has 0 amide bonds. The average Bonchev–Trinajstić information content (AvgIpc) is 2.75. The molecule has 0 atom stereocenters. The highest BCUT2D eigenvalue weighted by Crippen LogP contribution is 2.32. The van der Waals surface area contributed by atoms with E-state index in [1.165, 1.54) is 5.56 Å². The second-order valence-corrected chi connectivity index (χ2v) is 4.81. The Morgan fingerprint density at radius 3 is 2.71 bits per heavy atom. The fourth-order valence-corrected chi connectivity index (χ4v) is 2.34. The smallest absolute Gasteiger partial charge is 0.226 e. The highest BCUT2D eigenvalue weighted by atomic mass is 35.5. The van der Waals surface area contributed by atoms with Crippen LogP contribution in [0.4, 0.5) is 0 Å². The van der Waals surface area contributed by atoms with Crippen molar-refractivity contribution >= 4 is 23.3 Å². The molecule has 0 fully saturated rings. The molecule has 86 valence electrons. The van der Waals surface area contributed by atoms with Crippen molar-refractivity contribution in [3.05, 3.63) is 46.1 Å². The minimum absolute atomic E-state index is 0.713. The van der Waals surface area contributed by atoms with Gasteiger partial charge in [0.1, 0.15) is 11.4 Å². The van der Waals surface area contributed by atoms with Crippen LogP contribution >= 0.6 is 11.6 Å². The molecule has 0 unspecified atom stereocenters. The Bertz CT molecular complexity index is 582. The number of fused-ring (bicyclic) bond motifs is 3. The molecule has 4 heteroatoms. The molecule has 1 aromatic carbocycles. The summed E-state index contributed by atoms with van der Waals surface area (Å²) in [5.74, 6) is 0.713. The Morgan fingerprint density at radius 2 is 1.94 bits per heavy atom. The molecule has 3 rings (SSSR count). The molecular weight excluding hydrogens is 234 g/mol. The van der Waals surface area contributed by atoms with Gasteiger partial charge in [-0.25, -0.2) is 9.98 Å². The van der Waals surface area contributed by atoms with Gasteiger partial charge in [0, 0.05) is 26.1 Å². The third kappa shape index (κ3) is 1.58. The Hall–Kier alpha value is -1.61. The van der Waals surface area contributed by atoms with Crippen LogP contribution in [0.5, 0.6) is 0 Å². The van der Waals surface area contributed by atoms with Crippen LogP contribution in [0.3, 0.4) is 0 Å². The summed E-state index contributed by atoms with van der Waals surface area (Å²) in [5.41, 5.74) is 4.09. The minimum atomic E-state index is 0.713. The Balaban J connectivity index is 2.18. The van der Waals surface area contributed by atoms with Crippen molar-refractivity contribution in [3.8, 4) is 0 Å². The number of halogens is 1. The number of hydrogen-bond donors (Lipinski definition) is 0. The van der Waals surface area contributed by atoms with Crippen LogP contribution in [-0.4, -0.2) is 30.7 Å². The second-order valence-electron chi connectivity index (χ2n) is 4.35. The van der Waals surface area contributed by atoms with Gasteiger partial charge in [0.15, 0.2) is 0 Å². The van der Waals surface area contributed by atoms with Gasteiger partial charge >= 0.3 is 0 Å². The van der Waals surface area contributed by atoms with E-state index < -0.39 is 0 Å². The number of allylic oxidation sites excluding steroid dienone is 2. The summed E-state index contributed by atoms with van der Waals surface area (Å²) in [6.45, 7) is 0. The zero-order chi connectivity index (χ0) is 12.0. The first-order valence-corrected chi connectivity index (χ1v) is 5.86. The molecule has 1 aromatic rings. The van der Waals surface area contributed by atoms with E-state index in [4.69, 9.17) is 11.6 Å². The first-order valence-electron chi connectivity index (χ1n) is 5.49. The Labute approximate surface area is 105 Å². The van der Waals surface area contributed by atoms with Gasteiger partial charge in [-0.1, -0.05) is 35.9 Å². The lowest BCUT2D eigenvalue weighted by molar-refractivity contribution is 0.616. The van der Waals surface area contributed by atoms with Crippen molar-refractivity contribution in [3.63, 3.8) is 0 Å². The van der Waals surface area contributed by atoms with Crippen LogP contribution in [0.15, 0.2) is 45.0 Å². The molecule has 1 heterocycles. The number of rotatable bonds is 0. The minimum Gasteiger partial charge on any atom is -0.347 e. The van der Waals surface area contributed by atoms with Crippen molar-refractivity contribution in [1.29, 1.82) is 0 Å². The summed E-state index contributed by atoms with van der Waals surface area (Å²) in [7, 11) is 3.86. The normalized spacial score (nSPS) is 17.4. The predicted molar refractivity (Wildman–Crippen MR) is 70.7 cm³/mol. The maximum atomic E-state index is 6.29. The average molecular weight is 246 g/mol. The summed E-state index contributed by atoms with van der Waals surface area (Å²) in [4.78, 5) is 10.9. The summed E-state index contributed by atoms with van der Waals surface area (Å²) in [6, 6.07) is 8.21. The molecule has 0 saturated carbocycles. The SMILES string of the molecule is CN(C)C1=NC2=C(Cl)Cc3ccccc3C2=N1. The van der Waals surface area contributed by atoms with Gasteiger partial charge in [-0.05, 0) is 5.56 Å². The number of benzene rings is 1. The van der Waals surface area contributed by atoms with Gasteiger partial charge in [-0.15, -0.1) is 0 Å². The largest absolute Gasteiger partial charge is 0.347 e. The van der Waals surface area contributed by atoms with E-state index in [0.29, 0.717) is 5.96 Å². The Morgan fingerprint density at radius 1 is 1.18 bits per heavy atom. The van der Waals surface area contributed by atoms with Crippen molar-refractivity contribution in [2.75, 3.05) is 14.1 Å². The maximum absolute atomic E-state index is 6.29. The lowest BCUT2D eigenvalue weighted by Crippen LogP contribution is -2.18. The van der Waals surface area contributed by atoms with Crippen LogP contribution in [-0.2, 0) is 6.42 Å². The fourth-order valence-electron chi connectivity index (χ4n) is 2.06. The molecular formula is C13H12ClN3. The molecule has 1 aliphatic heterocycles. The molecule has 0 N–H and O–H groups in total. The van der Waals surface area contributed by atoms with Crippen molar-refractivity contribution < 1.29 is 0 Å². The quantitative estimate of drug-likeness (QED) is 0.690. The molecule has 0 aromatic heterocycles. The van der Waals surface area contributed by atoms with Gasteiger partial charge < -0.3 is 4.90 Å². The second kappa shape index (κ2) is 3.70. The molecule has 1 aliphatic carbocycles. The van der Waals surface area contributed by atoms with Crippen molar-refractivity contribution in [2.45, 2.75) is 6.42 Å². The number of aliphatic imine (C=N–C) groups is 2. The van der Waals surface area contributed by atoms with Gasteiger partial charge in [0.25, 0.3) is 0 Å². The van der Waals surface area contributed by atoms with E-state index in [2.05, 4.69) is 22.1 Å². The van der Waals surface area contributed by atoms with Crippen LogP contribution in [0.1, 0.15) is 11.1 Å². The van der Waals surface area contributed by atoms with E-state index in [1.54, 1.807) is 0 Å². The van der Waals surface area contributed by atoms with E-state index in [0.717, 1.165) is 28.4 Å². The van der Waals surface area contributed by atoms with E-state index in [1.807, 2.05) is 31.1 Å². The third-order valence-electron chi connectivity index (χ3n) is 2.92. The molecule has 0 spiro atoms. The summed E-state index contributed by atoms with van der Waals surface area (Å²) < 4.78 is 0. The zero-order valence-corrected chi connectivity index (χ0v) is 10.5. The highest BCUT2D eigenvalue weighted by molar-refractivity contribution is 6.36. The van der Waals surface area contributed by atoms with Crippen molar-refractivity contribution in [1.82, 2.24) is 4.90 Å². The van der Waals surface area contributed by atoms with E-state index in [9.17, 15) is 0 Å². The van der Waals surface area contributed by atoms with Crippen LogP contribution in [0.25, 0.3) is 0 Å². The highest BCUT2D eigenvalue weighted by Gasteiger charge is 2.28. The number of hydrogen-bond acceptors (Lipinski definition) is 3. The Kier molecular flexibility index (Phi) is 2.30. The van der Waals surface area contributed by atoms with E-state index >= 15 is 0 Å². The first kappa shape index (κ1) is 10.5. The van der Waals surface area contributed by atoms with Gasteiger partial charge in [-0.2, -0.15) is 0 Å². The van der Waals surface area contributed by atoms with E-state index in [-0.39, 0.29) is 0 Å². The number of nitrogens with zero attached hydrogens (tertiary/aromatic N) is 3. The fraction of sp³-hybridized carbons (Fsp3) is 0.231. The van der Waals surface area contributed by atoms with Gasteiger partial charge in [0.2, 0.25) is 5.96 Å². The molecule has 3 nitrogen and oxygen atoms in total.